The minimum Gasteiger partial charge on any atom is -0.326 e. The second-order valence-corrected chi connectivity index (χ2v) is 7.46. The first-order valence-corrected chi connectivity index (χ1v) is 9.48. The quantitative estimate of drug-likeness (QED) is 0.767. The van der Waals surface area contributed by atoms with E-state index in [1.165, 1.54) is 6.42 Å². The van der Waals surface area contributed by atoms with Gasteiger partial charge in [0.05, 0.1) is 5.41 Å². The van der Waals surface area contributed by atoms with Crippen LogP contribution in [-0.4, -0.2) is 24.9 Å². The summed E-state index contributed by atoms with van der Waals surface area (Å²) in [6.07, 6.45) is 5.76. The van der Waals surface area contributed by atoms with Crippen molar-refractivity contribution in [2.24, 2.45) is 11.3 Å². The number of hydrogen-bond acceptors (Lipinski definition) is 3. The van der Waals surface area contributed by atoms with Crippen molar-refractivity contribution in [3.63, 3.8) is 0 Å². The molecule has 5 nitrogen and oxygen atoms in total. The van der Waals surface area contributed by atoms with Crippen molar-refractivity contribution in [3.8, 4) is 0 Å². The fraction of sp³-hybridized carbons (Fsp3) is 0.600. The third-order valence-electron chi connectivity index (χ3n) is 5.82. The number of anilines is 2. The third-order valence-corrected chi connectivity index (χ3v) is 5.82. The van der Waals surface area contributed by atoms with Gasteiger partial charge in [-0.05, 0) is 56.3 Å². The highest BCUT2D eigenvalue weighted by Crippen LogP contribution is 2.44. The highest BCUT2D eigenvalue weighted by atomic mass is 16.2. The topological polar surface area (TPSA) is 70.2 Å². The van der Waals surface area contributed by atoms with Gasteiger partial charge in [0, 0.05) is 24.3 Å². The van der Waals surface area contributed by atoms with Crippen LogP contribution in [0.15, 0.2) is 18.2 Å². The average molecular weight is 343 g/mol. The molecule has 1 aromatic carbocycles. The van der Waals surface area contributed by atoms with Gasteiger partial charge < -0.3 is 16.0 Å². The zero-order valence-electron chi connectivity index (χ0n) is 15.3. The minimum atomic E-state index is -0.272. The summed E-state index contributed by atoms with van der Waals surface area (Å²) in [6.45, 7) is 5.65. The van der Waals surface area contributed by atoms with Crippen LogP contribution < -0.4 is 16.0 Å². The van der Waals surface area contributed by atoms with Gasteiger partial charge >= 0.3 is 0 Å². The predicted octanol–water partition coefficient (Wildman–Crippen LogP) is 3.45. The number of hydrogen-bond donors (Lipinski definition) is 3. The number of carbonyl (C=O) groups excluding carboxylic acids is 2. The molecule has 1 saturated carbocycles. The van der Waals surface area contributed by atoms with E-state index in [2.05, 4.69) is 16.0 Å². The van der Waals surface area contributed by atoms with Gasteiger partial charge in [0.1, 0.15) is 0 Å². The molecule has 3 rings (SSSR count). The van der Waals surface area contributed by atoms with Crippen molar-refractivity contribution in [2.75, 3.05) is 23.7 Å². The summed E-state index contributed by atoms with van der Waals surface area (Å²) in [6, 6.07) is 5.68. The smallest absolute Gasteiger partial charge is 0.232 e. The van der Waals surface area contributed by atoms with Gasteiger partial charge in [-0.2, -0.15) is 0 Å². The first-order valence-electron chi connectivity index (χ1n) is 9.48. The molecule has 136 valence electrons. The Morgan fingerprint density at radius 1 is 1.24 bits per heavy atom. The summed E-state index contributed by atoms with van der Waals surface area (Å²) in [5, 5.41) is 9.52. The number of nitrogens with one attached hydrogen (secondary N) is 3. The Hall–Kier alpha value is -1.88. The van der Waals surface area contributed by atoms with E-state index in [4.69, 9.17) is 0 Å². The van der Waals surface area contributed by atoms with Crippen LogP contribution in [0.2, 0.25) is 0 Å². The number of carbonyl (C=O) groups is 2. The summed E-state index contributed by atoms with van der Waals surface area (Å²) in [7, 11) is 0. The molecule has 2 fully saturated rings. The van der Waals surface area contributed by atoms with Crippen molar-refractivity contribution >= 4 is 23.2 Å². The Kier molecular flexibility index (Phi) is 5.42. The normalized spacial score (nSPS) is 25.3. The van der Waals surface area contributed by atoms with Gasteiger partial charge in [0.15, 0.2) is 0 Å². The van der Waals surface area contributed by atoms with Crippen LogP contribution in [0.1, 0.15) is 51.0 Å². The van der Waals surface area contributed by atoms with Gasteiger partial charge in [0.25, 0.3) is 0 Å². The lowest BCUT2D eigenvalue weighted by atomic mass is 9.67. The number of fused-ring (bicyclic) bond motifs is 1. The van der Waals surface area contributed by atoms with Crippen molar-refractivity contribution < 1.29 is 9.59 Å². The molecule has 2 aliphatic rings. The Bertz CT molecular complexity index is 658. The zero-order chi connectivity index (χ0) is 17.9. The van der Waals surface area contributed by atoms with E-state index in [0.717, 1.165) is 55.7 Å². The van der Waals surface area contributed by atoms with Gasteiger partial charge in [-0.3, -0.25) is 9.59 Å². The molecule has 1 aliphatic carbocycles. The fourth-order valence-electron chi connectivity index (χ4n) is 4.28. The lowest BCUT2D eigenvalue weighted by Gasteiger charge is -2.37. The van der Waals surface area contributed by atoms with Crippen LogP contribution in [0, 0.1) is 18.3 Å². The standard InChI is InChI=1S/C20H29N3O2/c1-3-7-18(24)22-16-9-6-10-17(14(16)2)23-19(25)20-11-5-4-8-15(20)12-21-13-20/h6,9-10,15,21H,3-5,7-8,11-13H2,1-2H3,(H,22,24)(H,23,25)/t15-,20+/m0/s1. The molecular formula is C20H29N3O2. The van der Waals surface area contributed by atoms with Crippen molar-refractivity contribution in [1.82, 2.24) is 5.32 Å². The summed E-state index contributed by atoms with van der Waals surface area (Å²) >= 11 is 0. The Labute approximate surface area is 150 Å². The predicted molar refractivity (Wildman–Crippen MR) is 101 cm³/mol. The summed E-state index contributed by atoms with van der Waals surface area (Å²) < 4.78 is 0. The molecule has 25 heavy (non-hydrogen) atoms. The zero-order valence-corrected chi connectivity index (χ0v) is 15.3. The molecule has 0 unspecified atom stereocenters. The summed E-state index contributed by atoms with van der Waals surface area (Å²) in [5.74, 6) is 0.580. The van der Waals surface area contributed by atoms with Gasteiger partial charge in [-0.15, -0.1) is 0 Å². The lowest BCUT2D eigenvalue weighted by Crippen LogP contribution is -2.44. The van der Waals surface area contributed by atoms with Gasteiger partial charge in [0.2, 0.25) is 11.8 Å². The molecular weight excluding hydrogens is 314 g/mol. The van der Waals surface area contributed by atoms with E-state index in [9.17, 15) is 9.59 Å². The molecule has 0 bridgehead atoms. The molecule has 1 aliphatic heterocycles. The molecule has 0 spiro atoms. The van der Waals surface area contributed by atoms with Crippen LogP contribution in [0.3, 0.4) is 0 Å². The third kappa shape index (κ3) is 3.56. The Morgan fingerprint density at radius 3 is 2.76 bits per heavy atom. The molecule has 1 aromatic rings. The van der Waals surface area contributed by atoms with Crippen LogP contribution in [0.5, 0.6) is 0 Å². The fourth-order valence-corrected chi connectivity index (χ4v) is 4.28. The average Bonchev–Trinajstić information content (AvgIpc) is 3.04. The summed E-state index contributed by atoms with van der Waals surface area (Å²) in [5.41, 5.74) is 2.21. The highest BCUT2D eigenvalue weighted by molar-refractivity contribution is 5.98. The van der Waals surface area contributed by atoms with E-state index in [0.29, 0.717) is 12.3 Å². The second kappa shape index (κ2) is 7.56. The molecule has 1 heterocycles. The maximum atomic E-state index is 13.1. The van der Waals surface area contributed by atoms with Crippen LogP contribution in [0.4, 0.5) is 11.4 Å². The maximum absolute atomic E-state index is 13.1. The molecule has 0 radical (unpaired) electrons. The Balaban J connectivity index is 1.76. The first kappa shape index (κ1) is 17.9. The Morgan fingerprint density at radius 2 is 2.00 bits per heavy atom. The van der Waals surface area contributed by atoms with E-state index in [1.54, 1.807) is 0 Å². The second-order valence-electron chi connectivity index (χ2n) is 7.46. The van der Waals surface area contributed by atoms with Gasteiger partial charge in [-0.1, -0.05) is 25.8 Å². The molecule has 3 N–H and O–H groups in total. The van der Waals surface area contributed by atoms with Gasteiger partial charge in [-0.25, -0.2) is 0 Å². The first-order chi connectivity index (χ1) is 12.1. The highest BCUT2D eigenvalue weighted by Gasteiger charge is 2.49. The SMILES string of the molecule is CCCC(=O)Nc1cccc(NC(=O)[C@@]23CCCC[C@H]2CNC3)c1C. The van der Waals surface area contributed by atoms with Crippen LogP contribution >= 0.6 is 0 Å². The molecule has 1 saturated heterocycles. The van der Waals surface area contributed by atoms with Crippen LogP contribution in [0.25, 0.3) is 0 Å². The van der Waals surface area contributed by atoms with E-state index in [-0.39, 0.29) is 17.2 Å². The lowest BCUT2D eigenvalue weighted by molar-refractivity contribution is -0.128. The van der Waals surface area contributed by atoms with Crippen molar-refractivity contribution in [1.29, 1.82) is 0 Å². The van der Waals surface area contributed by atoms with Crippen molar-refractivity contribution in [2.45, 2.75) is 52.4 Å². The van der Waals surface area contributed by atoms with E-state index >= 15 is 0 Å². The molecule has 2 amide bonds. The van der Waals surface area contributed by atoms with Crippen LogP contribution in [-0.2, 0) is 9.59 Å². The molecule has 2 atom stereocenters. The number of benzene rings is 1. The number of rotatable bonds is 5. The van der Waals surface area contributed by atoms with Crippen molar-refractivity contribution in [3.05, 3.63) is 23.8 Å². The maximum Gasteiger partial charge on any atom is 0.232 e. The van der Waals surface area contributed by atoms with E-state index < -0.39 is 0 Å². The number of amides is 2. The monoisotopic (exact) mass is 343 g/mol. The largest absolute Gasteiger partial charge is 0.326 e. The molecule has 0 aromatic heterocycles. The van der Waals surface area contributed by atoms with E-state index in [1.807, 2.05) is 32.0 Å². The minimum absolute atomic E-state index is 0.0139. The molecule has 5 heteroatoms. The summed E-state index contributed by atoms with van der Waals surface area (Å²) in [4.78, 5) is 25.0.